The Labute approximate surface area is 143 Å². The molecule has 128 valence electrons. The molecule has 1 aromatic carbocycles. The molecule has 3 N–H and O–H groups in total. The van der Waals surface area contributed by atoms with E-state index in [1.54, 1.807) is 0 Å². The smallest absolute Gasteiger partial charge is 0.407 e. The van der Waals surface area contributed by atoms with E-state index in [1.165, 1.54) is 17.5 Å². The van der Waals surface area contributed by atoms with Crippen LogP contribution in [0.25, 0.3) is 5.70 Å². The lowest BCUT2D eigenvalue weighted by atomic mass is 10.1. The van der Waals surface area contributed by atoms with Crippen molar-refractivity contribution in [1.82, 2.24) is 15.4 Å². The van der Waals surface area contributed by atoms with Crippen LogP contribution in [0, 0.1) is 6.92 Å². The van der Waals surface area contributed by atoms with Crippen LogP contribution in [0.3, 0.4) is 0 Å². The van der Waals surface area contributed by atoms with E-state index in [-0.39, 0.29) is 0 Å². The van der Waals surface area contributed by atoms with E-state index in [2.05, 4.69) is 46.5 Å². The summed E-state index contributed by atoms with van der Waals surface area (Å²) in [5, 5.41) is 7.90. The van der Waals surface area contributed by atoms with Crippen LogP contribution < -0.4 is 15.4 Å². The van der Waals surface area contributed by atoms with Gasteiger partial charge in [0.1, 0.15) is 5.60 Å². The third kappa shape index (κ3) is 8.52. The maximum Gasteiger partial charge on any atom is 0.407 e. The summed E-state index contributed by atoms with van der Waals surface area (Å²) in [7, 11) is 1.90. The van der Waals surface area contributed by atoms with Crippen molar-refractivity contribution >= 4 is 23.7 Å². The third-order valence-electron chi connectivity index (χ3n) is 2.79. The summed E-state index contributed by atoms with van der Waals surface area (Å²) in [5.41, 5.74) is 2.95. The van der Waals surface area contributed by atoms with E-state index >= 15 is 0 Å². The van der Waals surface area contributed by atoms with Gasteiger partial charge in [-0.25, -0.2) is 4.79 Å². The Morgan fingerprint density at radius 3 is 2.43 bits per heavy atom. The molecular weight excluding hydrogens is 310 g/mol. The first-order valence-electron chi connectivity index (χ1n) is 7.62. The number of benzene rings is 1. The first kappa shape index (κ1) is 19.4. The summed E-state index contributed by atoms with van der Waals surface area (Å²) in [4.78, 5) is 11.5. The highest BCUT2D eigenvalue weighted by Crippen LogP contribution is 2.15. The highest BCUT2D eigenvalue weighted by molar-refractivity contribution is 8.00. The SMILES string of the molecule is CN/C(=C\SNCCNC(=O)OC(C)(C)C)c1ccc(C)cc1. The molecule has 0 spiro atoms. The van der Waals surface area contributed by atoms with Crippen molar-refractivity contribution in [2.75, 3.05) is 20.1 Å². The molecule has 0 unspecified atom stereocenters. The molecule has 0 heterocycles. The van der Waals surface area contributed by atoms with Crippen molar-refractivity contribution in [1.29, 1.82) is 0 Å². The topological polar surface area (TPSA) is 62.4 Å². The van der Waals surface area contributed by atoms with E-state index in [1.807, 2.05) is 33.2 Å². The van der Waals surface area contributed by atoms with Crippen molar-refractivity contribution in [2.24, 2.45) is 0 Å². The summed E-state index contributed by atoms with van der Waals surface area (Å²) < 4.78 is 8.34. The van der Waals surface area contributed by atoms with Gasteiger partial charge in [-0.15, -0.1) is 0 Å². The molecule has 1 rings (SSSR count). The molecule has 0 aliphatic heterocycles. The van der Waals surface area contributed by atoms with Gasteiger partial charge in [-0.3, -0.25) is 4.72 Å². The van der Waals surface area contributed by atoms with E-state index in [9.17, 15) is 4.79 Å². The number of ether oxygens (including phenoxy) is 1. The number of nitrogens with one attached hydrogen (secondary N) is 3. The van der Waals surface area contributed by atoms with E-state index in [0.29, 0.717) is 13.1 Å². The monoisotopic (exact) mass is 337 g/mol. The number of carbonyl (C=O) groups is 1. The van der Waals surface area contributed by atoms with Crippen molar-refractivity contribution in [3.8, 4) is 0 Å². The van der Waals surface area contributed by atoms with Gasteiger partial charge in [0, 0.05) is 31.2 Å². The molecule has 1 amide bonds. The number of amides is 1. The predicted octanol–water partition coefficient (Wildman–Crippen LogP) is 3.28. The summed E-state index contributed by atoms with van der Waals surface area (Å²) in [6.07, 6.45) is -0.393. The van der Waals surface area contributed by atoms with Gasteiger partial charge in [-0.1, -0.05) is 41.8 Å². The van der Waals surface area contributed by atoms with Gasteiger partial charge in [0.15, 0.2) is 0 Å². The quantitative estimate of drug-likeness (QED) is 0.526. The van der Waals surface area contributed by atoms with Crippen LogP contribution in [0.5, 0.6) is 0 Å². The maximum atomic E-state index is 11.5. The number of alkyl carbamates (subject to hydrolysis) is 1. The first-order chi connectivity index (χ1) is 10.8. The van der Waals surface area contributed by atoms with Gasteiger partial charge < -0.3 is 15.4 Å². The Bertz CT molecular complexity index is 522. The predicted molar refractivity (Wildman–Crippen MR) is 98.0 cm³/mol. The molecule has 0 aliphatic carbocycles. The minimum absolute atomic E-state index is 0.393. The van der Waals surface area contributed by atoms with Crippen LogP contribution >= 0.6 is 11.9 Å². The maximum absolute atomic E-state index is 11.5. The fraction of sp³-hybridized carbons (Fsp3) is 0.471. The molecule has 5 nitrogen and oxygen atoms in total. The summed E-state index contributed by atoms with van der Waals surface area (Å²) in [6, 6.07) is 8.34. The van der Waals surface area contributed by atoms with Gasteiger partial charge in [-0.05, 0) is 33.3 Å². The number of rotatable bonds is 7. The second-order valence-electron chi connectivity index (χ2n) is 6.09. The Hall–Kier alpha value is -1.66. The standard InChI is InChI=1S/C17H27N3O2S/c1-13-6-8-14(9-7-13)15(18-5)12-23-20-11-10-19-16(21)22-17(2,3)4/h6-9,12,18,20H,10-11H2,1-5H3,(H,19,21)/b15-12-. The zero-order chi connectivity index (χ0) is 17.3. The highest BCUT2D eigenvalue weighted by Gasteiger charge is 2.15. The van der Waals surface area contributed by atoms with Crippen LogP contribution in [0.2, 0.25) is 0 Å². The van der Waals surface area contributed by atoms with E-state index in [4.69, 9.17) is 4.74 Å². The molecule has 0 bridgehead atoms. The van der Waals surface area contributed by atoms with Gasteiger partial charge in [0.2, 0.25) is 0 Å². The lowest BCUT2D eigenvalue weighted by Crippen LogP contribution is -2.35. The number of carbonyl (C=O) groups excluding carboxylic acids is 1. The number of aryl methyl sites for hydroxylation is 1. The molecule has 0 aromatic heterocycles. The molecule has 0 radical (unpaired) electrons. The molecule has 23 heavy (non-hydrogen) atoms. The third-order valence-corrected chi connectivity index (χ3v) is 3.51. The lowest BCUT2D eigenvalue weighted by Gasteiger charge is -2.19. The Morgan fingerprint density at radius 1 is 1.22 bits per heavy atom. The van der Waals surface area contributed by atoms with Crippen molar-refractivity contribution in [2.45, 2.75) is 33.3 Å². The highest BCUT2D eigenvalue weighted by atomic mass is 32.2. The molecule has 0 saturated carbocycles. The number of hydrogen-bond donors (Lipinski definition) is 3. The second kappa shape index (κ2) is 9.47. The first-order valence-corrected chi connectivity index (χ1v) is 8.50. The average Bonchev–Trinajstić information content (AvgIpc) is 2.46. The van der Waals surface area contributed by atoms with Crippen molar-refractivity contribution in [3.05, 3.63) is 40.8 Å². The molecule has 0 fully saturated rings. The summed E-state index contributed by atoms with van der Waals surface area (Å²) >= 11 is 1.48. The van der Waals surface area contributed by atoms with Gasteiger partial charge in [-0.2, -0.15) is 0 Å². The Balaban J connectivity index is 2.29. The summed E-state index contributed by atoms with van der Waals surface area (Å²) in [5.74, 6) is 0. The average molecular weight is 337 g/mol. The molecule has 0 saturated heterocycles. The van der Waals surface area contributed by atoms with Crippen molar-refractivity contribution in [3.63, 3.8) is 0 Å². The van der Waals surface area contributed by atoms with Crippen LogP contribution in [0.15, 0.2) is 29.7 Å². The minimum Gasteiger partial charge on any atom is -0.444 e. The summed E-state index contributed by atoms with van der Waals surface area (Å²) in [6.45, 7) is 8.75. The molecular formula is C17H27N3O2S. The van der Waals surface area contributed by atoms with Crippen LogP contribution in [-0.2, 0) is 4.74 Å². The lowest BCUT2D eigenvalue weighted by molar-refractivity contribution is 0.0529. The molecule has 0 aliphatic rings. The Kier molecular flexibility index (Phi) is 7.98. The normalized spacial score (nSPS) is 12.0. The second-order valence-corrected chi connectivity index (χ2v) is 6.85. The largest absolute Gasteiger partial charge is 0.444 e. The molecule has 1 aromatic rings. The Morgan fingerprint density at radius 2 is 1.87 bits per heavy atom. The number of hydrogen-bond acceptors (Lipinski definition) is 5. The van der Waals surface area contributed by atoms with E-state index < -0.39 is 11.7 Å². The van der Waals surface area contributed by atoms with Crippen LogP contribution in [0.1, 0.15) is 31.9 Å². The van der Waals surface area contributed by atoms with Gasteiger partial charge in [0.05, 0.1) is 0 Å². The zero-order valence-corrected chi connectivity index (χ0v) is 15.3. The molecule has 0 atom stereocenters. The van der Waals surface area contributed by atoms with Crippen LogP contribution in [-0.4, -0.2) is 31.8 Å². The minimum atomic E-state index is -0.468. The van der Waals surface area contributed by atoms with Gasteiger partial charge in [0.25, 0.3) is 0 Å². The van der Waals surface area contributed by atoms with Crippen molar-refractivity contribution < 1.29 is 9.53 Å². The van der Waals surface area contributed by atoms with E-state index in [0.717, 1.165) is 11.3 Å². The fourth-order valence-corrected chi connectivity index (χ4v) is 2.37. The van der Waals surface area contributed by atoms with Crippen LogP contribution in [0.4, 0.5) is 4.79 Å². The fourth-order valence-electron chi connectivity index (χ4n) is 1.69. The van der Waals surface area contributed by atoms with Gasteiger partial charge >= 0.3 is 6.09 Å². The zero-order valence-electron chi connectivity index (χ0n) is 14.5. The molecule has 6 heteroatoms.